The molecule has 0 aliphatic rings. The van der Waals surface area contributed by atoms with Crippen LogP contribution in [0.5, 0.6) is 0 Å². The number of hydrogen-bond acceptors (Lipinski definition) is 2. The van der Waals surface area contributed by atoms with Crippen molar-refractivity contribution in [3.63, 3.8) is 0 Å². The van der Waals surface area contributed by atoms with Crippen LogP contribution in [0, 0.1) is 6.92 Å². The van der Waals surface area contributed by atoms with Gasteiger partial charge in [-0.15, -0.1) is 0 Å². The monoisotopic (exact) mass is 263 g/mol. The first-order chi connectivity index (χ1) is 8.56. The zero-order valence-electron chi connectivity index (χ0n) is 10.9. The maximum atomic E-state index is 5.96. The maximum absolute atomic E-state index is 5.96. The molecule has 2 rings (SSSR count). The molecule has 4 heteroatoms. The van der Waals surface area contributed by atoms with Crippen LogP contribution in [0.25, 0.3) is 0 Å². The van der Waals surface area contributed by atoms with E-state index in [1.54, 1.807) is 0 Å². The van der Waals surface area contributed by atoms with Gasteiger partial charge in [-0.05, 0) is 38.5 Å². The smallest absolute Gasteiger partial charge is 0.0825 e. The number of nitrogens with one attached hydrogen (secondary N) is 1. The molecule has 0 bridgehead atoms. The van der Waals surface area contributed by atoms with Gasteiger partial charge in [0.2, 0.25) is 0 Å². The van der Waals surface area contributed by atoms with E-state index in [9.17, 15) is 0 Å². The third-order valence-corrected chi connectivity index (χ3v) is 3.05. The van der Waals surface area contributed by atoms with Crippen LogP contribution in [0.15, 0.2) is 30.5 Å². The lowest BCUT2D eigenvalue weighted by atomic mass is 10.2. The molecule has 1 N–H and O–H groups in total. The standard InChI is InChI=1S/C14H18ClN3/c1-10(2)18-9-14(11(3)17-18)16-8-12-5-4-6-13(15)7-12/h4-7,9-10,16H,8H2,1-3H3. The summed E-state index contributed by atoms with van der Waals surface area (Å²) in [6.45, 7) is 7.00. The summed E-state index contributed by atoms with van der Waals surface area (Å²) in [6.07, 6.45) is 2.05. The number of hydrogen-bond donors (Lipinski definition) is 1. The number of aryl methyl sites for hydroxylation is 1. The SMILES string of the molecule is Cc1nn(C(C)C)cc1NCc1cccc(Cl)c1. The molecule has 1 heterocycles. The fourth-order valence-electron chi connectivity index (χ4n) is 1.76. The van der Waals surface area contributed by atoms with E-state index in [2.05, 4.69) is 30.3 Å². The highest BCUT2D eigenvalue weighted by Gasteiger charge is 2.06. The lowest BCUT2D eigenvalue weighted by molar-refractivity contribution is 0.529. The molecule has 0 fully saturated rings. The van der Waals surface area contributed by atoms with Crippen LogP contribution in [0.1, 0.15) is 31.1 Å². The second-order valence-corrected chi connectivity index (χ2v) is 5.12. The molecule has 2 aromatic rings. The van der Waals surface area contributed by atoms with Gasteiger partial charge in [-0.2, -0.15) is 5.10 Å². The molecular weight excluding hydrogens is 246 g/mol. The third-order valence-electron chi connectivity index (χ3n) is 2.82. The summed E-state index contributed by atoms with van der Waals surface area (Å²) in [6, 6.07) is 8.25. The summed E-state index contributed by atoms with van der Waals surface area (Å²) >= 11 is 5.96. The number of aromatic nitrogens is 2. The first-order valence-corrected chi connectivity index (χ1v) is 6.48. The average molecular weight is 264 g/mol. The molecule has 3 nitrogen and oxygen atoms in total. The normalized spacial score (nSPS) is 10.9. The highest BCUT2D eigenvalue weighted by Crippen LogP contribution is 2.17. The van der Waals surface area contributed by atoms with Crippen molar-refractivity contribution in [3.05, 3.63) is 46.7 Å². The largest absolute Gasteiger partial charge is 0.378 e. The van der Waals surface area contributed by atoms with E-state index in [0.717, 1.165) is 22.9 Å². The van der Waals surface area contributed by atoms with Crippen molar-refractivity contribution in [3.8, 4) is 0 Å². The van der Waals surface area contributed by atoms with Gasteiger partial charge in [0.05, 0.1) is 11.4 Å². The van der Waals surface area contributed by atoms with E-state index < -0.39 is 0 Å². The molecule has 0 amide bonds. The molecule has 0 aliphatic heterocycles. The fourth-order valence-corrected chi connectivity index (χ4v) is 1.98. The summed E-state index contributed by atoms with van der Waals surface area (Å²) in [4.78, 5) is 0. The minimum absolute atomic E-state index is 0.380. The molecule has 18 heavy (non-hydrogen) atoms. The molecule has 0 atom stereocenters. The zero-order valence-corrected chi connectivity index (χ0v) is 11.7. The average Bonchev–Trinajstić information content (AvgIpc) is 2.68. The van der Waals surface area contributed by atoms with E-state index in [-0.39, 0.29) is 0 Å². The Bertz CT molecular complexity index is 532. The first-order valence-electron chi connectivity index (χ1n) is 6.10. The van der Waals surface area contributed by atoms with Crippen molar-refractivity contribution in [2.24, 2.45) is 0 Å². The Labute approximate surface area is 113 Å². The van der Waals surface area contributed by atoms with E-state index in [0.29, 0.717) is 6.04 Å². The Balaban J connectivity index is 2.06. The molecule has 1 aromatic carbocycles. The Morgan fingerprint density at radius 1 is 1.39 bits per heavy atom. The maximum Gasteiger partial charge on any atom is 0.0825 e. The summed E-state index contributed by atoms with van der Waals surface area (Å²) in [5, 5.41) is 8.63. The molecular formula is C14H18ClN3. The van der Waals surface area contributed by atoms with Crippen molar-refractivity contribution in [1.29, 1.82) is 0 Å². The number of rotatable bonds is 4. The number of halogens is 1. The Hall–Kier alpha value is -1.48. The van der Waals surface area contributed by atoms with Gasteiger partial charge in [-0.25, -0.2) is 0 Å². The van der Waals surface area contributed by atoms with Gasteiger partial charge in [-0.3, -0.25) is 4.68 Å². The molecule has 0 radical (unpaired) electrons. The predicted molar refractivity (Wildman–Crippen MR) is 76.1 cm³/mol. The second-order valence-electron chi connectivity index (χ2n) is 4.69. The second kappa shape index (κ2) is 5.44. The van der Waals surface area contributed by atoms with E-state index in [4.69, 9.17) is 11.6 Å². The van der Waals surface area contributed by atoms with E-state index in [1.165, 1.54) is 5.56 Å². The molecule has 0 aliphatic carbocycles. The van der Waals surface area contributed by atoms with Gasteiger partial charge in [0.15, 0.2) is 0 Å². The van der Waals surface area contributed by atoms with Crippen LogP contribution in [-0.2, 0) is 6.54 Å². The van der Waals surface area contributed by atoms with Gasteiger partial charge in [0.25, 0.3) is 0 Å². The quantitative estimate of drug-likeness (QED) is 0.902. The van der Waals surface area contributed by atoms with Crippen LogP contribution in [0.2, 0.25) is 5.02 Å². The van der Waals surface area contributed by atoms with Crippen molar-refractivity contribution < 1.29 is 0 Å². The predicted octanol–water partition coefficient (Wildman–Crippen LogP) is 4.04. The minimum Gasteiger partial charge on any atom is -0.378 e. The van der Waals surface area contributed by atoms with Gasteiger partial charge in [0.1, 0.15) is 0 Å². The van der Waals surface area contributed by atoms with E-state index in [1.807, 2.05) is 36.0 Å². The summed E-state index contributed by atoms with van der Waals surface area (Å²) in [5.41, 5.74) is 3.26. The number of benzene rings is 1. The first kappa shape index (κ1) is 13.0. The lowest BCUT2D eigenvalue weighted by Gasteiger charge is -2.05. The highest BCUT2D eigenvalue weighted by atomic mass is 35.5. The molecule has 0 unspecified atom stereocenters. The summed E-state index contributed by atoms with van der Waals surface area (Å²) in [5.74, 6) is 0. The Kier molecular flexibility index (Phi) is 3.92. The Morgan fingerprint density at radius 2 is 2.17 bits per heavy atom. The van der Waals surface area contributed by atoms with Crippen LogP contribution in [0.4, 0.5) is 5.69 Å². The Morgan fingerprint density at radius 3 is 2.78 bits per heavy atom. The molecule has 1 aromatic heterocycles. The van der Waals surface area contributed by atoms with Gasteiger partial charge in [-0.1, -0.05) is 23.7 Å². The van der Waals surface area contributed by atoms with Crippen LogP contribution < -0.4 is 5.32 Å². The van der Waals surface area contributed by atoms with Crippen molar-refractivity contribution in [2.75, 3.05) is 5.32 Å². The van der Waals surface area contributed by atoms with Crippen LogP contribution >= 0.6 is 11.6 Å². The summed E-state index contributed by atoms with van der Waals surface area (Å²) in [7, 11) is 0. The minimum atomic E-state index is 0.380. The lowest BCUT2D eigenvalue weighted by Crippen LogP contribution is -2.01. The number of anilines is 1. The van der Waals surface area contributed by atoms with Crippen molar-refractivity contribution >= 4 is 17.3 Å². The van der Waals surface area contributed by atoms with E-state index >= 15 is 0 Å². The molecule has 0 spiro atoms. The molecule has 0 saturated carbocycles. The van der Waals surface area contributed by atoms with Crippen LogP contribution in [-0.4, -0.2) is 9.78 Å². The van der Waals surface area contributed by atoms with Crippen molar-refractivity contribution in [2.45, 2.75) is 33.4 Å². The van der Waals surface area contributed by atoms with Gasteiger partial charge >= 0.3 is 0 Å². The van der Waals surface area contributed by atoms with Gasteiger partial charge in [0, 0.05) is 23.8 Å². The third kappa shape index (κ3) is 3.05. The topological polar surface area (TPSA) is 29.9 Å². The fraction of sp³-hybridized carbons (Fsp3) is 0.357. The molecule has 0 saturated heterocycles. The van der Waals surface area contributed by atoms with Gasteiger partial charge < -0.3 is 5.32 Å². The molecule has 96 valence electrons. The number of nitrogens with zero attached hydrogens (tertiary/aromatic N) is 2. The van der Waals surface area contributed by atoms with Crippen LogP contribution in [0.3, 0.4) is 0 Å². The highest BCUT2D eigenvalue weighted by molar-refractivity contribution is 6.30. The summed E-state index contributed by atoms with van der Waals surface area (Å²) < 4.78 is 1.97. The van der Waals surface area contributed by atoms with Crippen molar-refractivity contribution in [1.82, 2.24) is 9.78 Å². The zero-order chi connectivity index (χ0) is 13.1.